The molecule has 1 aromatic carbocycles. The first-order valence-corrected chi connectivity index (χ1v) is 11.0. The molecule has 1 saturated heterocycles. The van der Waals surface area contributed by atoms with Crippen molar-refractivity contribution < 1.29 is 4.79 Å². The van der Waals surface area contributed by atoms with E-state index in [-0.39, 0.29) is 5.91 Å². The minimum absolute atomic E-state index is 0.0163. The van der Waals surface area contributed by atoms with E-state index in [0.29, 0.717) is 27.6 Å². The molecule has 29 heavy (non-hydrogen) atoms. The van der Waals surface area contributed by atoms with E-state index >= 15 is 0 Å². The van der Waals surface area contributed by atoms with E-state index in [9.17, 15) is 4.79 Å². The predicted octanol–water partition coefficient (Wildman–Crippen LogP) is 4.11. The van der Waals surface area contributed by atoms with Crippen LogP contribution in [0.25, 0.3) is 0 Å². The second-order valence-corrected chi connectivity index (χ2v) is 8.72. The number of nitrogens with one attached hydrogen (secondary N) is 1. The monoisotopic (exact) mass is 432 g/mol. The third-order valence-electron chi connectivity index (χ3n) is 5.99. The standard InChI is InChI=1S/C22H26Cl2N4O/c23-19-4-1-5-20(21(19)24)28-11-9-27(10-12-28)8-6-16-13-18(14-16)26-22(29)17-3-2-7-25-15-17/h1-5,7,15-16,18H,6,8-14H2,(H,26,29). The minimum atomic E-state index is -0.0163. The van der Waals surface area contributed by atoms with E-state index in [0.717, 1.165) is 51.3 Å². The molecule has 1 N–H and O–H groups in total. The number of carbonyl (C=O) groups is 1. The Morgan fingerprint density at radius 2 is 1.90 bits per heavy atom. The van der Waals surface area contributed by atoms with Crippen LogP contribution < -0.4 is 10.2 Å². The van der Waals surface area contributed by atoms with Crippen LogP contribution in [0.2, 0.25) is 10.0 Å². The van der Waals surface area contributed by atoms with Gasteiger partial charge in [-0.3, -0.25) is 14.7 Å². The molecular formula is C22H26Cl2N4O. The van der Waals surface area contributed by atoms with Gasteiger partial charge in [-0.25, -0.2) is 0 Å². The Hall–Kier alpha value is -1.82. The molecule has 0 atom stereocenters. The average molecular weight is 433 g/mol. The lowest BCUT2D eigenvalue weighted by Gasteiger charge is -2.39. The highest BCUT2D eigenvalue weighted by atomic mass is 35.5. The van der Waals surface area contributed by atoms with Crippen LogP contribution in [-0.2, 0) is 0 Å². The zero-order chi connectivity index (χ0) is 20.2. The van der Waals surface area contributed by atoms with Crippen molar-refractivity contribution in [2.75, 3.05) is 37.6 Å². The highest BCUT2D eigenvalue weighted by Gasteiger charge is 2.31. The molecule has 0 spiro atoms. The number of amides is 1. The first kappa shape index (κ1) is 20.5. The Balaban J connectivity index is 1.15. The Morgan fingerprint density at radius 3 is 2.62 bits per heavy atom. The number of hydrogen-bond donors (Lipinski definition) is 1. The normalized spacial score (nSPS) is 22.2. The van der Waals surface area contributed by atoms with Gasteiger partial charge in [-0.1, -0.05) is 29.3 Å². The summed E-state index contributed by atoms with van der Waals surface area (Å²) in [6.07, 6.45) is 6.63. The van der Waals surface area contributed by atoms with Crippen molar-refractivity contribution in [2.24, 2.45) is 5.92 Å². The van der Waals surface area contributed by atoms with Crippen LogP contribution in [0.4, 0.5) is 5.69 Å². The second-order valence-electron chi connectivity index (χ2n) is 7.94. The molecule has 7 heteroatoms. The number of halogens is 2. The molecule has 4 rings (SSSR count). The van der Waals surface area contributed by atoms with Crippen molar-refractivity contribution >= 4 is 34.8 Å². The van der Waals surface area contributed by atoms with Crippen LogP contribution in [0.3, 0.4) is 0 Å². The third kappa shape index (κ3) is 5.03. The lowest BCUT2D eigenvalue weighted by molar-refractivity contribution is 0.0877. The van der Waals surface area contributed by atoms with Gasteiger partial charge in [0.2, 0.25) is 0 Å². The van der Waals surface area contributed by atoms with Gasteiger partial charge in [0.1, 0.15) is 0 Å². The third-order valence-corrected chi connectivity index (χ3v) is 6.80. The predicted molar refractivity (Wildman–Crippen MR) is 118 cm³/mol. The number of carbonyl (C=O) groups excluding carboxylic acids is 1. The molecule has 2 aliphatic rings. The SMILES string of the molecule is O=C(NC1CC(CCN2CCN(c3cccc(Cl)c3Cl)CC2)C1)c1cccnc1. The zero-order valence-electron chi connectivity index (χ0n) is 16.4. The van der Waals surface area contributed by atoms with Crippen molar-refractivity contribution in [1.29, 1.82) is 0 Å². The van der Waals surface area contributed by atoms with Crippen molar-refractivity contribution in [2.45, 2.75) is 25.3 Å². The van der Waals surface area contributed by atoms with Crippen molar-refractivity contribution in [3.8, 4) is 0 Å². The molecule has 1 aliphatic heterocycles. The maximum Gasteiger partial charge on any atom is 0.253 e. The lowest BCUT2D eigenvalue weighted by Crippen LogP contribution is -2.48. The summed E-state index contributed by atoms with van der Waals surface area (Å²) >= 11 is 12.5. The van der Waals surface area contributed by atoms with Gasteiger partial charge in [-0.2, -0.15) is 0 Å². The van der Waals surface area contributed by atoms with Gasteiger partial charge in [0.05, 0.1) is 21.3 Å². The Bertz CT molecular complexity index is 834. The van der Waals surface area contributed by atoms with Crippen LogP contribution in [-0.4, -0.2) is 54.6 Å². The van der Waals surface area contributed by atoms with Gasteiger partial charge in [-0.15, -0.1) is 0 Å². The number of rotatable bonds is 6. The van der Waals surface area contributed by atoms with Crippen LogP contribution >= 0.6 is 23.2 Å². The maximum absolute atomic E-state index is 12.2. The van der Waals surface area contributed by atoms with Crippen LogP contribution in [0, 0.1) is 5.92 Å². The van der Waals surface area contributed by atoms with E-state index in [2.05, 4.69) is 20.1 Å². The van der Waals surface area contributed by atoms with Crippen LogP contribution in [0.15, 0.2) is 42.7 Å². The van der Waals surface area contributed by atoms with E-state index in [1.54, 1.807) is 24.5 Å². The number of aromatic nitrogens is 1. The molecule has 2 fully saturated rings. The van der Waals surface area contributed by atoms with Crippen LogP contribution in [0.5, 0.6) is 0 Å². The van der Waals surface area contributed by atoms with E-state index in [1.165, 1.54) is 6.42 Å². The lowest BCUT2D eigenvalue weighted by atomic mass is 9.78. The van der Waals surface area contributed by atoms with Gasteiger partial charge in [-0.05, 0) is 56.0 Å². The first-order chi connectivity index (χ1) is 14.1. The number of benzene rings is 1. The quantitative estimate of drug-likeness (QED) is 0.745. The summed E-state index contributed by atoms with van der Waals surface area (Å²) in [5, 5.41) is 4.37. The molecule has 1 aromatic heterocycles. The second kappa shape index (κ2) is 9.33. The van der Waals surface area contributed by atoms with Crippen molar-refractivity contribution in [3.63, 3.8) is 0 Å². The molecule has 154 valence electrons. The summed E-state index contributed by atoms with van der Waals surface area (Å²) < 4.78 is 0. The first-order valence-electron chi connectivity index (χ1n) is 10.2. The molecule has 2 aromatic rings. The maximum atomic E-state index is 12.2. The van der Waals surface area contributed by atoms with Crippen molar-refractivity contribution in [3.05, 3.63) is 58.3 Å². The molecule has 5 nitrogen and oxygen atoms in total. The Labute approximate surface area is 182 Å². The molecular weight excluding hydrogens is 407 g/mol. The number of hydrogen-bond acceptors (Lipinski definition) is 4. The van der Waals surface area contributed by atoms with Gasteiger partial charge in [0.25, 0.3) is 5.91 Å². The largest absolute Gasteiger partial charge is 0.368 e. The van der Waals surface area contributed by atoms with Crippen molar-refractivity contribution in [1.82, 2.24) is 15.2 Å². The Morgan fingerprint density at radius 1 is 1.10 bits per heavy atom. The smallest absolute Gasteiger partial charge is 0.253 e. The van der Waals surface area contributed by atoms with Crippen LogP contribution in [0.1, 0.15) is 29.6 Å². The summed E-state index contributed by atoms with van der Waals surface area (Å²) in [5.41, 5.74) is 1.67. The fourth-order valence-electron chi connectivity index (χ4n) is 4.17. The highest BCUT2D eigenvalue weighted by Crippen LogP contribution is 2.33. The number of anilines is 1. The van der Waals surface area contributed by atoms with Gasteiger partial charge in [0, 0.05) is 44.6 Å². The molecule has 0 unspecified atom stereocenters. The Kier molecular flexibility index (Phi) is 6.58. The fourth-order valence-corrected chi connectivity index (χ4v) is 4.58. The summed E-state index contributed by atoms with van der Waals surface area (Å²) in [6, 6.07) is 9.71. The van der Waals surface area contributed by atoms with E-state index < -0.39 is 0 Å². The number of piperazine rings is 1. The molecule has 2 heterocycles. The summed E-state index contributed by atoms with van der Waals surface area (Å²) in [4.78, 5) is 21.0. The summed E-state index contributed by atoms with van der Waals surface area (Å²) in [6.45, 7) is 5.13. The van der Waals surface area contributed by atoms with Gasteiger partial charge >= 0.3 is 0 Å². The number of nitrogens with zero attached hydrogens (tertiary/aromatic N) is 3. The molecule has 1 aliphatic carbocycles. The topological polar surface area (TPSA) is 48.5 Å². The average Bonchev–Trinajstić information content (AvgIpc) is 2.72. The van der Waals surface area contributed by atoms with E-state index in [1.807, 2.05) is 18.2 Å². The molecule has 0 radical (unpaired) electrons. The molecule has 1 saturated carbocycles. The van der Waals surface area contributed by atoms with Gasteiger partial charge < -0.3 is 10.2 Å². The fraction of sp³-hybridized carbons (Fsp3) is 0.455. The van der Waals surface area contributed by atoms with Gasteiger partial charge in [0.15, 0.2) is 0 Å². The minimum Gasteiger partial charge on any atom is -0.368 e. The summed E-state index contributed by atoms with van der Waals surface area (Å²) in [5.74, 6) is 0.687. The number of pyridine rings is 1. The highest BCUT2D eigenvalue weighted by molar-refractivity contribution is 6.43. The molecule has 0 bridgehead atoms. The van der Waals surface area contributed by atoms with E-state index in [4.69, 9.17) is 23.2 Å². The summed E-state index contributed by atoms with van der Waals surface area (Å²) in [7, 11) is 0. The molecule has 1 amide bonds. The zero-order valence-corrected chi connectivity index (χ0v) is 17.9.